The fourth-order valence-electron chi connectivity index (χ4n) is 3.63. The highest BCUT2D eigenvalue weighted by atomic mass is 32.1. The highest BCUT2D eigenvalue weighted by Crippen LogP contribution is 2.41. The van der Waals surface area contributed by atoms with Crippen molar-refractivity contribution in [2.45, 2.75) is 32.0 Å². The Bertz CT molecular complexity index is 952. The largest absolute Gasteiger partial charge is 0.491 e. The van der Waals surface area contributed by atoms with Crippen LogP contribution in [0, 0.1) is 0 Å². The van der Waals surface area contributed by atoms with Crippen molar-refractivity contribution in [2.75, 3.05) is 4.90 Å². The molecule has 0 amide bonds. The molecule has 1 fully saturated rings. The van der Waals surface area contributed by atoms with E-state index < -0.39 is 0 Å². The summed E-state index contributed by atoms with van der Waals surface area (Å²) in [6.07, 6.45) is 6.16. The van der Waals surface area contributed by atoms with Gasteiger partial charge in [0.05, 0.1) is 23.9 Å². The lowest BCUT2D eigenvalue weighted by molar-refractivity contribution is 0.242. The molecule has 0 radical (unpaired) electrons. The maximum absolute atomic E-state index is 5.78. The zero-order chi connectivity index (χ0) is 19.7. The number of thiocarbonyl (C=S) groups is 1. The number of aryl methyl sites for hydroxylation is 1. The molecule has 5 nitrogen and oxygen atoms in total. The molecule has 2 atom stereocenters. The molecule has 1 aliphatic rings. The smallest absolute Gasteiger partial charge is 0.174 e. The lowest BCUT2D eigenvalue weighted by atomic mass is 9.98. The predicted octanol–water partition coefficient (Wildman–Crippen LogP) is 4.38. The van der Waals surface area contributed by atoms with Crippen LogP contribution < -0.4 is 15.0 Å². The fraction of sp³-hybridized carbons (Fsp3) is 0.273. The summed E-state index contributed by atoms with van der Waals surface area (Å²) in [6.45, 7) is 4.05. The summed E-state index contributed by atoms with van der Waals surface area (Å²) in [5.74, 6) is 0.856. The van der Waals surface area contributed by atoms with E-state index in [1.165, 1.54) is 5.56 Å². The summed E-state index contributed by atoms with van der Waals surface area (Å²) in [4.78, 5) is 6.75. The van der Waals surface area contributed by atoms with E-state index in [1.807, 2.05) is 57.4 Å². The van der Waals surface area contributed by atoms with E-state index in [4.69, 9.17) is 17.0 Å². The molecule has 2 aromatic heterocycles. The van der Waals surface area contributed by atoms with Crippen LogP contribution in [0.25, 0.3) is 0 Å². The quantitative estimate of drug-likeness (QED) is 0.653. The van der Waals surface area contributed by atoms with Gasteiger partial charge in [0, 0.05) is 31.3 Å². The average Bonchev–Trinajstić information content (AvgIpc) is 3.26. The van der Waals surface area contributed by atoms with Crippen LogP contribution in [-0.2, 0) is 7.05 Å². The Morgan fingerprint density at radius 2 is 1.89 bits per heavy atom. The Morgan fingerprint density at radius 1 is 1.11 bits per heavy atom. The molecule has 6 heteroatoms. The van der Waals surface area contributed by atoms with Gasteiger partial charge in [0.1, 0.15) is 5.75 Å². The van der Waals surface area contributed by atoms with Crippen LogP contribution in [0.15, 0.2) is 67.1 Å². The van der Waals surface area contributed by atoms with Crippen molar-refractivity contribution in [3.63, 3.8) is 0 Å². The van der Waals surface area contributed by atoms with Gasteiger partial charge in [-0.3, -0.25) is 4.98 Å². The summed E-state index contributed by atoms with van der Waals surface area (Å²) < 4.78 is 7.84. The normalized spacial score (nSPS) is 19.1. The van der Waals surface area contributed by atoms with Crippen LogP contribution in [0.1, 0.15) is 37.2 Å². The number of rotatable bonds is 5. The molecule has 0 bridgehead atoms. The third-order valence-corrected chi connectivity index (χ3v) is 5.10. The molecule has 1 aliphatic heterocycles. The van der Waals surface area contributed by atoms with Crippen molar-refractivity contribution in [1.82, 2.24) is 14.9 Å². The molecule has 0 saturated carbocycles. The van der Waals surface area contributed by atoms with E-state index in [0.29, 0.717) is 5.11 Å². The van der Waals surface area contributed by atoms with Gasteiger partial charge >= 0.3 is 0 Å². The van der Waals surface area contributed by atoms with Crippen LogP contribution in [0.4, 0.5) is 5.69 Å². The topological polar surface area (TPSA) is 42.3 Å². The third kappa shape index (κ3) is 3.60. The maximum Gasteiger partial charge on any atom is 0.174 e. The number of aromatic nitrogens is 2. The summed E-state index contributed by atoms with van der Waals surface area (Å²) >= 11 is 5.74. The van der Waals surface area contributed by atoms with Crippen LogP contribution >= 0.6 is 12.2 Å². The van der Waals surface area contributed by atoms with Crippen molar-refractivity contribution in [3.05, 3.63) is 78.4 Å². The third-order valence-electron chi connectivity index (χ3n) is 4.78. The van der Waals surface area contributed by atoms with Gasteiger partial charge in [-0.25, -0.2) is 0 Å². The van der Waals surface area contributed by atoms with E-state index in [0.717, 1.165) is 17.1 Å². The monoisotopic (exact) mass is 392 g/mol. The molecule has 1 saturated heterocycles. The molecule has 28 heavy (non-hydrogen) atoms. The van der Waals surface area contributed by atoms with E-state index in [-0.39, 0.29) is 18.2 Å². The number of nitrogens with one attached hydrogen (secondary N) is 1. The molecule has 0 aliphatic carbocycles. The first-order valence-corrected chi connectivity index (χ1v) is 9.83. The minimum atomic E-state index is -0.0253. The summed E-state index contributed by atoms with van der Waals surface area (Å²) in [5.41, 5.74) is 3.19. The van der Waals surface area contributed by atoms with Crippen LogP contribution in [0.5, 0.6) is 5.75 Å². The van der Waals surface area contributed by atoms with Gasteiger partial charge in [-0.05, 0) is 74.1 Å². The Morgan fingerprint density at radius 3 is 2.50 bits per heavy atom. The molecule has 3 aromatic rings. The van der Waals surface area contributed by atoms with Crippen molar-refractivity contribution in [2.24, 2.45) is 7.05 Å². The van der Waals surface area contributed by atoms with E-state index in [2.05, 4.69) is 50.4 Å². The Labute approximate surface area is 171 Å². The summed E-state index contributed by atoms with van der Waals surface area (Å²) in [7, 11) is 2.03. The molecule has 3 heterocycles. The van der Waals surface area contributed by atoms with Crippen molar-refractivity contribution in [1.29, 1.82) is 0 Å². The molecule has 1 aromatic carbocycles. The first-order chi connectivity index (χ1) is 13.5. The molecule has 1 N–H and O–H groups in total. The number of pyridine rings is 1. The van der Waals surface area contributed by atoms with Crippen molar-refractivity contribution >= 4 is 23.0 Å². The van der Waals surface area contributed by atoms with Crippen molar-refractivity contribution < 1.29 is 4.74 Å². The Balaban J connectivity index is 1.73. The second-order valence-electron chi connectivity index (χ2n) is 7.27. The van der Waals surface area contributed by atoms with Gasteiger partial charge in [0.15, 0.2) is 5.11 Å². The van der Waals surface area contributed by atoms with E-state index >= 15 is 0 Å². The molecular formula is C22H24N4OS. The van der Waals surface area contributed by atoms with Gasteiger partial charge in [0.25, 0.3) is 0 Å². The zero-order valence-electron chi connectivity index (χ0n) is 16.2. The highest BCUT2D eigenvalue weighted by Gasteiger charge is 2.40. The lowest BCUT2D eigenvalue weighted by Gasteiger charge is -2.27. The second kappa shape index (κ2) is 7.64. The van der Waals surface area contributed by atoms with Gasteiger partial charge in [-0.1, -0.05) is 6.07 Å². The number of anilines is 1. The molecule has 0 unspecified atom stereocenters. The summed E-state index contributed by atoms with van der Waals surface area (Å²) in [6, 6.07) is 16.2. The van der Waals surface area contributed by atoms with Crippen LogP contribution in [0.3, 0.4) is 0 Å². The minimum absolute atomic E-state index is 0.0143. The number of nitrogens with zero attached hydrogens (tertiary/aromatic N) is 3. The van der Waals surface area contributed by atoms with Gasteiger partial charge in [-0.2, -0.15) is 0 Å². The first kappa shape index (κ1) is 18.5. The van der Waals surface area contributed by atoms with Gasteiger partial charge < -0.3 is 19.5 Å². The maximum atomic E-state index is 5.78. The number of hydrogen-bond acceptors (Lipinski definition) is 3. The van der Waals surface area contributed by atoms with E-state index in [1.54, 1.807) is 0 Å². The lowest BCUT2D eigenvalue weighted by Crippen LogP contribution is -2.29. The molecular weight excluding hydrogens is 368 g/mol. The number of hydrogen-bond donors (Lipinski definition) is 1. The standard InChI is InChI=1S/C22H24N4OS/c1-15(2)27-18-9-7-17(8-10-18)26-21(16-11-13-25(3)14-16)20(24-22(26)28)19-6-4-5-12-23-19/h4-15,20-21H,1-3H3,(H,24,28)/t20-,21+/m1/s1. The van der Waals surface area contributed by atoms with Gasteiger partial charge in [0.2, 0.25) is 0 Å². The van der Waals surface area contributed by atoms with Crippen molar-refractivity contribution in [3.8, 4) is 5.75 Å². The van der Waals surface area contributed by atoms with Crippen LogP contribution in [0.2, 0.25) is 0 Å². The molecule has 0 spiro atoms. The van der Waals surface area contributed by atoms with Crippen LogP contribution in [-0.4, -0.2) is 20.8 Å². The van der Waals surface area contributed by atoms with Gasteiger partial charge in [-0.15, -0.1) is 0 Å². The Hall–Kier alpha value is -2.86. The zero-order valence-corrected chi connectivity index (χ0v) is 17.1. The fourth-order valence-corrected chi connectivity index (χ4v) is 3.98. The Kier molecular flexibility index (Phi) is 5.05. The number of benzene rings is 1. The SMILES string of the molecule is CC(C)Oc1ccc(N2C(=S)N[C@H](c3ccccn3)[C@@H]2c2ccn(C)c2)cc1. The average molecular weight is 393 g/mol. The summed E-state index contributed by atoms with van der Waals surface area (Å²) in [5, 5.41) is 4.17. The second-order valence-corrected chi connectivity index (χ2v) is 7.65. The minimum Gasteiger partial charge on any atom is -0.491 e. The molecule has 144 valence electrons. The number of ether oxygens (including phenoxy) is 1. The highest BCUT2D eigenvalue weighted by molar-refractivity contribution is 7.80. The first-order valence-electron chi connectivity index (χ1n) is 9.42. The van der Waals surface area contributed by atoms with E-state index in [9.17, 15) is 0 Å². The predicted molar refractivity (Wildman–Crippen MR) is 116 cm³/mol. The molecule has 4 rings (SSSR count).